The zero-order valence-electron chi connectivity index (χ0n) is 18.3. The lowest BCUT2D eigenvalue weighted by Crippen LogP contribution is -2.05. The molecule has 2 heterocycles. The smallest absolute Gasteiger partial charge is 0.214 e. The summed E-state index contributed by atoms with van der Waals surface area (Å²) in [6.45, 7) is 9.98. The second kappa shape index (κ2) is 8.37. The van der Waals surface area contributed by atoms with Crippen LogP contribution in [0.15, 0.2) is 18.3 Å². The molecule has 0 saturated heterocycles. The van der Waals surface area contributed by atoms with E-state index in [2.05, 4.69) is 10.2 Å². The molecule has 0 fully saturated rings. The van der Waals surface area contributed by atoms with E-state index in [1.807, 2.05) is 46.8 Å². The van der Waals surface area contributed by atoms with Crippen molar-refractivity contribution < 1.29 is 24.8 Å². The lowest BCUT2D eigenvalue weighted by atomic mass is 9.99. The Hall–Kier alpha value is -3.42. The zero-order chi connectivity index (χ0) is 23.0. The van der Waals surface area contributed by atoms with Crippen molar-refractivity contribution in [1.29, 1.82) is 0 Å². The van der Waals surface area contributed by atoms with Gasteiger partial charge in [-0.25, -0.2) is 0 Å². The number of rotatable bonds is 4. The lowest BCUT2D eigenvalue weighted by Gasteiger charge is -2.19. The van der Waals surface area contributed by atoms with Crippen LogP contribution in [0.5, 0.6) is 23.0 Å². The molecule has 2 aromatic carbocycles. The average molecular weight is 429 g/mol. The number of hydrogen-bond donors (Lipinski definition) is 5. The number of nitrogens with zero attached hydrogens (tertiary/aromatic N) is 2. The van der Waals surface area contributed by atoms with Crippen LogP contribution in [0, 0.1) is 5.82 Å². The molecule has 8 heteroatoms. The average Bonchev–Trinajstić information content (AvgIpc) is 3.34. The van der Waals surface area contributed by atoms with E-state index in [9.17, 15) is 24.8 Å². The minimum Gasteiger partial charge on any atom is -0.503 e. The van der Waals surface area contributed by atoms with Crippen LogP contribution >= 0.6 is 0 Å². The molecule has 7 nitrogen and oxygen atoms in total. The molecular formula is C23H28FN3O4. The van der Waals surface area contributed by atoms with Crippen LogP contribution < -0.4 is 0 Å². The fraction of sp³-hybridized carbons (Fsp3) is 0.348. The minimum atomic E-state index is -1.47. The van der Waals surface area contributed by atoms with Crippen molar-refractivity contribution in [2.45, 2.75) is 53.4 Å². The molecule has 0 unspecified atom stereocenters. The number of aryl methyl sites for hydroxylation is 1. The Bertz CT molecular complexity index is 1230. The van der Waals surface area contributed by atoms with E-state index >= 15 is 0 Å². The predicted octanol–water partition coefficient (Wildman–Crippen LogP) is 5.57. The van der Waals surface area contributed by atoms with Crippen LogP contribution in [0.2, 0.25) is 0 Å². The molecule has 0 bridgehead atoms. The van der Waals surface area contributed by atoms with Gasteiger partial charge in [-0.15, -0.1) is 0 Å². The van der Waals surface area contributed by atoms with Crippen molar-refractivity contribution in [2.75, 3.05) is 0 Å². The molecule has 0 aliphatic rings. The molecule has 0 radical (unpaired) electrons. The highest BCUT2D eigenvalue weighted by Gasteiger charge is 2.30. The number of nitrogens with one attached hydrogen (secondary N) is 1. The van der Waals surface area contributed by atoms with Crippen LogP contribution in [-0.4, -0.2) is 35.2 Å². The summed E-state index contributed by atoms with van der Waals surface area (Å²) in [5.74, 6) is -5.42. The number of aromatic amines is 1. The summed E-state index contributed by atoms with van der Waals surface area (Å²) in [7, 11) is 0. The number of phenolic OH excluding ortho intramolecular Hbond substituents is 4. The molecule has 0 aliphatic heterocycles. The monoisotopic (exact) mass is 429 g/mol. The Morgan fingerprint density at radius 2 is 1.65 bits per heavy atom. The molecular weight excluding hydrogens is 401 g/mol. The molecule has 0 saturated carbocycles. The Balaban J connectivity index is 0.00000132. The van der Waals surface area contributed by atoms with Crippen molar-refractivity contribution in [1.82, 2.24) is 14.8 Å². The summed E-state index contributed by atoms with van der Waals surface area (Å²) in [5.41, 5.74) is 3.01. The van der Waals surface area contributed by atoms with Crippen LogP contribution in [0.25, 0.3) is 27.5 Å². The summed E-state index contributed by atoms with van der Waals surface area (Å²) in [6.07, 6.45) is 3.25. The van der Waals surface area contributed by atoms with Gasteiger partial charge in [-0.1, -0.05) is 41.0 Å². The number of H-pyrrole nitrogens is 1. The molecule has 31 heavy (non-hydrogen) atoms. The predicted molar refractivity (Wildman–Crippen MR) is 119 cm³/mol. The first-order valence-electron chi connectivity index (χ1n) is 10.4. The maximum absolute atomic E-state index is 14.0. The van der Waals surface area contributed by atoms with Crippen molar-refractivity contribution >= 4 is 21.8 Å². The molecule has 4 aromatic rings. The first kappa shape index (κ1) is 22.3. The Labute approximate surface area is 179 Å². The summed E-state index contributed by atoms with van der Waals surface area (Å²) < 4.78 is 15.6. The molecule has 2 aromatic heterocycles. The molecule has 166 valence electrons. The van der Waals surface area contributed by atoms with E-state index < -0.39 is 28.8 Å². The number of hydrogen-bond acceptors (Lipinski definition) is 5. The number of aromatic hydroxyl groups is 4. The molecule has 0 atom stereocenters. The Kier molecular flexibility index (Phi) is 6.01. The van der Waals surface area contributed by atoms with Gasteiger partial charge in [0.25, 0.3) is 0 Å². The van der Waals surface area contributed by atoms with E-state index in [4.69, 9.17) is 0 Å². The van der Waals surface area contributed by atoms with Gasteiger partial charge in [-0.2, -0.15) is 9.49 Å². The summed E-state index contributed by atoms with van der Waals surface area (Å²) in [6, 6.07) is 3.79. The van der Waals surface area contributed by atoms with Gasteiger partial charge in [0, 0.05) is 16.5 Å². The van der Waals surface area contributed by atoms with Gasteiger partial charge in [0.2, 0.25) is 17.3 Å². The van der Waals surface area contributed by atoms with Crippen LogP contribution in [-0.2, 0) is 6.42 Å². The zero-order valence-corrected chi connectivity index (χ0v) is 18.3. The second-order valence-corrected chi connectivity index (χ2v) is 7.49. The first-order valence-corrected chi connectivity index (χ1v) is 10.4. The highest BCUT2D eigenvalue weighted by Crippen LogP contribution is 2.50. The second-order valence-electron chi connectivity index (χ2n) is 7.49. The largest absolute Gasteiger partial charge is 0.503 e. The molecule has 0 spiro atoms. The fourth-order valence-corrected chi connectivity index (χ4v) is 4.04. The van der Waals surface area contributed by atoms with Gasteiger partial charge >= 0.3 is 0 Å². The summed E-state index contributed by atoms with van der Waals surface area (Å²) in [4.78, 5) is 0. The first-order chi connectivity index (χ1) is 14.8. The van der Waals surface area contributed by atoms with Gasteiger partial charge in [-0.05, 0) is 30.0 Å². The van der Waals surface area contributed by atoms with Crippen molar-refractivity contribution in [3.8, 4) is 28.7 Å². The Morgan fingerprint density at radius 1 is 1.03 bits per heavy atom. The highest BCUT2D eigenvalue weighted by atomic mass is 19.1. The minimum absolute atomic E-state index is 0.0337. The third-order valence-electron chi connectivity index (χ3n) is 5.26. The van der Waals surface area contributed by atoms with Crippen LogP contribution in [0.3, 0.4) is 0 Å². The molecule has 5 N–H and O–H groups in total. The Morgan fingerprint density at radius 3 is 2.19 bits per heavy atom. The lowest BCUT2D eigenvalue weighted by molar-refractivity contribution is 0.334. The third kappa shape index (κ3) is 3.32. The molecule has 0 amide bonds. The van der Waals surface area contributed by atoms with E-state index in [0.29, 0.717) is 5.52 Å². The summed E-state index contributed by atoms with van der Waals surface area (Å²) >= 11 is 0. The number of phenols is 4. The molecule has 0 aliphatic carbocycles. The van der Waals surface area contributed by atoms with Crippen LogP contribution in [0.4, 0.5) is 4.39 Å². The standard InChI is InChI=1S/C21H22FN3O4.C2H6/c1-4-5-11-12-7-13-10(8-23-24-13)6-14(12)25(16(11)9(2)3)17-20(28)18(26)15(22)19(27)21(17)29;1-2/h6-9,26-29H,4-5H2,1-3H3,(H,23,24);1-2H3. The third-order valence-corrected chi connectivity index (χ3v) is 5.26. The fourth-order valence-electron chi connectivity index (χ4n) is 4.04. The van der Waals surface area contributed by atoms with Crippen molar-refractivity contribution in [3.05, 3.63) is 35.4 Å². The van der Waals surface area contributed by atoms with E-state index in [1.54, 1.807) is 10.8 Å². The highest BCUT2D eigenvalue weighted by molar-refractivity contribution is 5.99. The summed E-state index contributed by atoms with van der Waals surface area (Å²) in [5, 5.41) is 49.7. The van der Waals surface area contributed by atoms with Gasteiger partial charge < -0.3 is 25.0 Å². The SMILES string of the molecule is CC.CCCc1c(C(C)C)n(-c2c(O)c(O)c(F)c(O)c2O)c2cc3cn[nH]c3cc12. The number of benzene rings is 2. The number of fused-ring (bicyclic) bond motifs is 2. The van der Waals surface area contributed by atoms with Gasteiger partial charge in [0.05, 0.1) is 17.2 Å². The van der Waals surface area contributed by atoms with Crippen LogP contribution in [0.1, 0.15) is 58.2 Å². The molecule has 4 rings (SSSR count). The maximum Gasteiger partial charge on any atom is 0.214 e. The van der Waals surface area contributed by atoms with Gasteiger partial charge in [0.1, 0.15) is 5.69 Å². The topological polar surface area (TPSA) is 115 Å². The van der Waals surface area contributed by atoms with E-state index in [1.165, 1.54) is 0 Å². The van der Waals surface area contributed by atoms with E-state index in [-0.39, 0.29) is 11.6 Å². The quantitative estimate of drug-likeness (QED) is 0.215. The van der Waals surface area contributed by atoms with Crippen molar-refractivity contribution in [3.63, 3.8) is 0 Å². The van der Waals surface area contributed by atoms with Crippen molar-refractivity contribution in [2.24, 2.45) is 0 Å². The van der Waals surface area contributed by atoms with E-state index in [0.717, 1.165) is 40.4 Å². The maximum atomic E-state index is 14.0. The van der Waals surface area contributed by atoms with Gasteiger partial charge in [-0.3, -0.25) is 5.10 Å². The number of aromatic nitrogens is 3. The van der Waals surface area contributed by atoms with Gasteiger partial charge in [0.15, 0.2) is 11.5 Å². The normalized spacial score (nSPS) is 11.3. The number of halogens is 1.